The number of aromatic nitrogens is 3. The van der Waals surface area contributed by atoms with Crippen LogP contribution in [0.25, 0.3) is 0 Å². The Kier molecular flexibility index (Phi) is 3.86. The van der Waals surface area contributed by atoms with Crippen molar-refractivity contribution in [2.75, 3.05) is 5.32 Å². The van der Waals surface area contributed by atoms with Crippen LogP contribution in [0, 0.1) is 18.7 Å². The maximum Gasteiger partial charge on any atom is 0.226 e. The fourth-order valence-corrected chi connectivity index (χ4v) is 4.20. The molecular formula is C22H19FN4O. The molecule has 1 aromatic heterocycles. The molecule has 5 nitrogen and oxygen atoms in total. The second-order valence-corrected chi connectivity index (χ2v) is 7.44. The number of carbonyl (C=O) groups excluding carboxylic acids is 1. The molecule has 0 radical (unpaired) electrons. The number of aryl methyl sites for hydroxylation is 1. The predicted molar refractivity (Wildman–Crippen MR) is 103 cm³/mol. The first-order valence-electron chi connectivity index (χ1n) is 9.33. The number of fused-ring (bicyclic) bond motifs is 2. The number of benzene rings is 2. The van der Waals surface area contributed by atoms with Gasteiger partial charge in [0.15, 0.2) is 0 Å². The van der Waals surface area contributed by atoms with Crippen LogP contribution in [0.3, 0.4) is 0 Å². The SMILES string of the molecule is Cc1ccc([C@@H]2[C@H]3C(=O)C[C@H](c4ccc(F)cc4)C=C3Nc3ncnn32)cc1. The molecule has 6 heteroatoms. The zero-order valence-corrected chi connectivity index (χ0v) is 15.3. The normalized spacial score (nSPS) is 23.4. The van der Waals surface area contributed by atoms with Crippen molar-refractivity contribution in [2.24, 2.45) is 5.92 Å². The zero-order chi connectivity index (χ0) is 19.3. The van der Waals surface area contributed by atoms with E-state index in [0.717, 1.165) is 16.8 Å². The lowest BCUT2D eigenvalue weighted by Gasteiger charge is -2.38. The second-order valence-electron chi connectivity index (χ2n) is 7.44. The number of halogens is 1. The summed E-state index contributed by atoms with van der Waals surface area (Å²) in [5, 5.41) is 7.66. The molecule has 3 atom stereocenters. The van der Waals surface area contributed by atoms with E-state index < -0.39 is 0 Å². The van der Waals surface area contributed by atoms with Gasteiger partial charge in [0, 0.05) is 18.0 Å². The van der Waals surface area contributed by atoms with Gasteiger partial charge in [-0.2, -0.15) is 10.1 Å². The molecule has 0 spiro atoms. The lowest BCUT2D eigenvalue weighted by Crippen LogP contribution is -2.40. The molecule has 5 rings (SSSR count). The highest BCUT2D eigenvalue weighted by molar-refractivity contribution is 5.88. The lowest BCUT2D eigenvalue weighted by atomic mass is 9.75. The van der Waals surface area contributed by atoms with Crippen LogP contribution in [0.15, 0.2) is 66.6 Å². The largest absolute Gasteiger partial charge is 0.328 e. The van der Waals surface area contributed by atoms with Crippen LogP contribution in [0.1, 0.15) is 35.1 Å². The summed E-state index contributed by atoms with van der Waals surface area (Å²) >= 11 is 0. The highest BCUT2D eigenvalue weighted by Gasteiger charge is 2.43. The molecule has 1 N–H and O–H groups in total. The molecule has 0 unspecified atom stereocenters. The van der Waals surface area contributed by atoms with E-state index in [0.29, 0.717) is 12.4 Å². The summed E-state index contributed by atoms with van der Waals surface area (Å²) in [4.78, 5) is 17.6. The van der Waals surface area contributed by atoms with E-state index in [4.69, 9.17) is 0 Å². The highest BCUT2D eigenvalue weighted by Crippen LogP contribution is 2.43. The van der Waals surface area contributed by atoms with Gasteiger partial charge in [-0.05, 0) is 30.2 Å². The van der Waals surface area contributed by atoms with Crippen molar-refractivity contribution in [3.8, 4) is 0 Å². The Balaban J connectivity index is 1.60. The summed E-state index contributed by atoms with van der Waals surface area (Å²) in [6.45, 7) is 2.04. The molecule has 0 saturated heterocycles. The second kappa shape index (κ2) is 6.41. The summed E-state index contributed by atoms with van der Waals surface area (Å²) in [6, 6.07) is 14.3. The Morgan fingerprint density at radius 2 is 1.79 bits per heavy atom. The number of anilines is 1. The third kappa shape index (κ3) is 2.72. The predicted octanol–water partition coefficient (Wildman–Crippen LogP) is 4.00. The molecule has 140 valence electrons. The Bertz CT molecular complexity index is 1070. The van der Waals surface area contributed by atoms with Crippen LogP contribution < -0.4 is 5.32 Å². The van der Waals surface area contributed by atoms with Gasteiger partial charge in [-0.1, -0.05) is 48.0 Å². The van der Waals surface area contributed by atoms with Crippen LogP contribution >= 0.6 is 0 Å². The van der Waals surface area contributed by atoms with Crippen LogP contribution in [-0.2, 0) is 4.79 Å². The molecule has 0 amide bonds. The van der Waals surface area contributed by atoms with Crippen molar-refractivity contribution < 1.29 is 9.18 Å². The molecule has 1 aliphatic carbocycles. The summed E-state index contributed by atoms with van der Waals surface area (Å²) in [7, 11) is 0. The van der Waals surface area contributed by atoms with Crippen LogP contribution in [-0.4, -0.2) is 20.5 Å². The minimum atomic E-state index is -0.339. The van der Waals surface area contributed by atoms with Gasteiger partial charge in [-0.15, -0.1) is 0 Å². The average Bonchev–Trinajstić information content (AvgIpc) is 3.16. The molecule has 0 bridgehead atoms. The van der Waals surface area contributed by atoms with Gasteiger partial charge in [0.2, 0.25) is 5.95 Å². The Hall–Kier alpha value is -3.28. The lowest BCUT2D eigenvalue weighted by molar-refractivity contribution is -0.123. The Morgan fingerprint density at radius 3 is 2.54 bits per heavy atom. The molecular weight excluding hydrogens is 355 g/mol. The number of ketones is 1. The van der Waals surface area contributed by atoms with E-state index >= 15 is 0 Å². The number of rotatable bonds is 2. The van der Waals surface area contributed by atoms with E-state index in [9.17, 15) is 9.18 Å². The summed E-state index contributed by atoms with van der Waals surface area (Å²) in [5.41, 5.74) is 3.97. The average molecular weight is 374 g/mol. The van der Waals surface area contributed by atoms with Crippen LogP contribution in [0.2, 0.25) is 0 Å². The molecule has 1 aliphatic heterocycles. The maximum absolute atomic E-state index is 13.3. The van der Waals surface area contributed by atoms with E-state index in [1.165, 1.54) is 24.0 Å². The number of carbonyl (C=O) groups is 1. The first-order valence-corrected chi connectivity index (χ1v) is 9.33. The molecule has 0 fully saturated rings. The quantitative estimate of drug-likeness (QED) is 0.737. The molecule has 3 aromatic rings. The van der Waals surface area contributed by atoms with E-state index in [2.05, 4.69) is 21.5 Å². The minimum Gasteiger partial charge on any atom is -0.328 e. The van der Waals surface area contributed by atoms with E-state index in [1.54, 1.807) is 16.8 Å². The summed E-state index contributed by atoms with van der Waals surface area (Å²) < 4.78 is 15.1. The van der Waals surface area contributed by atoms with Gasteiger partial charge in [-0.3, -0.25) is 4.79 Å². The fourth-order valence-electron chi connectivity index (χ4n) is 4.20. The van der Waals surface area contributed by atoms with Crippen molar-refractivity contribution in [3.05, 3.63) is 89.1 Å². The zero-order valence-electron chi connectivity index (χ0n) is 15.3. The highest BCUT2D eigenvalue weighted by atomic mass is 19.1. The van der Waals surface area contributed by atoms with Gasteiger partial charge >= 0.3 is 0 Å². The molecule has 0 saturated carbocycles. The van der Waals surface area contributed by atoms with Gasteiger partial charge in [0.05, 0.1) is 12.0 Å². The Labute approximate surface area is 161 Å². The van der Waals surface area contributed by atoms with E-state index in [-0.39, 0.29) is 29.5 Å². The summed E-state index contributed by atoms with van der Waals surface area (Å²) in [5.74, 6) is 0.0695. The van der Waals surface area contributed by atoms with Crippen molar-refractivity contribution >= 4 is 11.7 Å². The molecule has 2 heterocycles. The molecule has 2 aliphatic rings. The Morgan fingerprint density at radius 1 is 1.07 bits per heavy atom. The number of Topliss-reactive ketones (excluding diaryl/α,β-unsaturated/α-hetero) is 1. The fraction of sp³-hybridized carbons (Fsp3) is 0.227. The molecule has 2 aromatic carbocycles. The maximum atomic E-state index is 13.3. The first kappa shape index (κ1) is 16.9. The minimum absolute atomic E-state index is 0.0833. The van der Waals surface area contributed by atoms with Crippen molar-refractivity contribution in [1.82, 2.24) is 14.8 Å². The van der Waals surface area contributed by atoms with Gasteiger partial charge in [-0.25, -0.2) is 9.07 Å². The van der Waals surface area contributed by atoms with Gasteiger partial charge in [0.25, 0.3) is 0 Å². The summed E-state index contributed by atoms with van der Waals surface area (Å²) in [6.07, 6.45) is 3.97. The van der Waals surface area contributed by atoms with Crippen molar-refractivity contribution in [1.29, 1.82) is 0 Å². The number of nitrogens with one attached hydrogen (secondary N) is 1. The van der Waals surface area contributed by atoms with Gasteiger partial charge in [0.1, 0.15) is 17.9 Å². The molecule has 28 heavy (non-hydrogen) atoms. The van der Waals surface area contributed by atoms with Crippen LogP contribution in [0.4, 0.5) is 10.3 Å². The number of nitrogens with zero attached hydrogens (tertiary/aromatic N) is 3. The standard InChI is InChI=1S/C22H19FN4O/c1-13-2-4-15(5-3-13)21-20-18(26-22-24-12-25-27(21)22)10-16(11-19(20)28)14-6-8-17(23)9-7-14/h2-10,12,16,20-21H,11H2,1H3,(H,24,25,26)/t16-,20-,21-/m1/s1. The smallest absolute Gasteiger partial charge is 0.226 e. The topological polar surface area (TPSA) is 59.8 Å². The van der Waals surface area contributed by atoms with Crippen molar-refractivity contribution in [3.63, 3.8) is 0 Å². The van der Waals surface area contributed by atoms with Crippen molar-refractivity contribution in [2.45, 2.75) is 25.3 Å². The van der Waals surface area contributed by atoms with Gasteiger partial charge < -0.3 is 5.32 Å². The monoisotopic (exact) mass is 374 g/mol. The first-order chi connectivity index (χ1) is 13.6. The third-order valence-electron chi connectivity index (χ3n) is 5.61. The number of hydrogen-bond acceptors (Lipinski definition) is 4. The van der Waals surface area contributed by atoms with Crippen LogP contribution in [0.5, 0.6) is 0 Å². The number of hydrogen-bond donors (Lipinski definition) is 1. The third-order valence-corrected chi connectivity index (χ3v) is 5.61. The number of allylic oxidation sites excluding steroid dienone is 2. The van der Waals surface area contributed by atoms with E-state index in [1.807, 2.05) is 31.2 Å².